The van der Waals surface area contributed by atoms with Gasteiger partial charge in [-0.2, -0.15) is 5.10 Å². The molecule has 2 saturated heterocycles. The zero-order chi connectivity index (χ0) is 25.9. The summed E-state index contributed by atoms with van der Waals surface area (Å²) in [6, 6.07) is 16.0. The molecule has 5 rings (SSSR count). The lowest BCUT2D eigenvalue weighted by Crippen LogP contribution is -2.42. The maximum atomic E-state index is 13.4. The van der Waals surface area contributed by atoms with E-state index >= 15 is 0 Å². The number of Topliss-reactive ketones (excluding diaryl/α,β-unsaturated/α-hetero) is 1. The molecule has 0 aliphatic carbocycles. The van der Waals surface area contributed by atoms with Gasteiger partial charge >= 0.3 is 0 Å². The second kappa shape index (κ2) is 10.6. The predicted octanol–water partition coefficient (Wildman–Crippen LogP) is 2.94. The molecule has 0 saturated carbocycles. The summed E-state index contributed by atoms with van der Waals surface area (Å²) >= 11 is 0. The number of likely N-dealkylation sites (tertiary alicyclic amines) is 1. The molecule has 1 aromatic heterocycles. The minimum Gasteiger partial charge on any atom is -0.507 e. The number of ketones is 1. The van der Waals surface area contributed by atoms with Gasteiger partial charge in [-0.1, -0.05) is 30.3 Å². The number of hydrogen-bond acceptors (Lipinski definition) is 7. The molecule has 2 fully saturated rings. The third-order valence-electron chi connectivity index (χ3n) is 6.98. The Bertz CT molecular complexity index is 1330. The summed E-state index contributed by atoms with van der Waals surface area (Å²) in [4.78, 5) is 30.5. The summed E-state index contributed by atoms with van der Waals surface area (Å²) in [6.45, 7) is 5.58. The highest BCUT2D eigenvalue weighted by molar-refractivity contribution is 6.46. The van der Waals surface area contributed by atoms with Crippen molar-refractivity contribution >= 4 is 17.4 Å². The fraction of sp³-hybridized carbons (Fsp3) is 0.321. The second-order valence-electron chi connectivity index (χ2n) is 9.11. The summed E-state index contributed by atoms with van der Waals surface area (Å²) in [6.07, 6.45) is 1.53. The van der Waals surface area contributed by atoms with Gasteiger partial charge in [-0.25, -0.2) is 4.68 Å². The minimum atomic E-state index is -0.754. The number of aliphatic hydroxyl groups is 1. The molecule has 9 nitrogen and oxygen atoms in total. The number of carbonyl (C=O) groups excluding carboxylic acids is 2. The van der Waals surface area contributed by atoms with Crippen LogP contribution in [0.1, 0.15) is 22.9 Å². The Morgan fingerprint density at radius 3 is 2.57 bits per heavy atom. The van der Waals surface area contributed by atoms with E-state index in [1.54, 1.807) is 28.8 Å². The van der Waals surface area contributed by atoms with Crippen molar-refractivity contribution in [1.82, 2.24) is 19.6 Å². The number of benzene rings is 2. The van der Waals surface area contributed by atoms with Gasteiger partial charge in [0.25, 0.3) is 11.7 Å². The second-order valence-corrected chi connectivity index (χ2v) is 9.11. The Labute approximate surface area is 215 Å². The first-order valence-corrected chi connectivity index (χ1v) is 12.3. The average Bonchev–Trinajstić information content (AvgIpc) is 3.45. The number of aliphatic hydroxyl groups excluding tert-OH is 1. The molecule has 0 spiro atoms. The van der Waals surface area contributed by atoms with Crippen LogP contribution in [0, 0.1) is 6.92 Å². The van der Waals surface area contributed by atoms with Crippen LogP contribution < -0.4 is 4.74 Å². The minimum absolute atomic E-state index is 0.0518. The third-order valence-corrected chi connectivity index (χ3v) is 6.98. The smallest absolute Gasteiger partial charge is 0.295 e. The molecule has 1 atom stereocenters. The Morgan fingerprint density at radius 2 is 1.84 bits per heavy atom. The van der Waals surface area contributed by atoms with E-state index in [0.717, 1.165) is 18.8 Å². The van der Waals surface area contributed by atoms with Gasteiger partial charge in [0, 0.05) is 26.2 Å². The van der Waals surface area contributed by atoms with Crippen LogP contribution in [-0.2, 0) is 14.3 Å². The number of aromatic nitrogens is 2. The Kier molecular flexibility index (Phi) is 7.07. The number of rotatable bonds is 7. The summed E-state index contributed by atoms with van der Waals surface area (Å²) < 4.78 is 12.5. The predicted molar refractivity (Wildman–Crippen MR) is 138 cm³/mol. The molecule has 2 aromatic carbocycles. The highest BCUT2D eigenvalue weighted by Gasteiger charge is 2.46. The van der Waals surface area contributed by atoms with E-state index in [0.29, 0.717) is 48.9 Å². The molecule has 3 heterocycles. The molecule has 0 radical (unpaired) electrons. The standard InChI is InChI=1S/C28H30N4O5/c1-19-23(18-29-32(19)21-8-4-3-5-9-21)26(33)24-25(20-7-6-10-22(17-20)36-2)31(28(35)27(24)34)12-11-30-13-15-37-16-14-30/h3-10,17-18,25,33H,11-16H2,1-2H3/b26-24+. The van der Waals surface area contributed by atoms with Crippen molar-refractivity contribution in [1.29, 1.82) is 0 Å². The molecular formula is C28H30N4O5. The topological polar surface area (TPSA) is 97.1 Å². The molecule has 192 valence electrons. The molecule has 3 aromatic rings. The SMILES string of the molecule is COc1cccc(C2/C(=C(\O)c3cnn(-c4ccccc4)c3C)C(=O)C(=O)N2CCN2CCOCC2)c1. The molecule has 2 aliphatic rings. The van der Waals surface area contributed by atoms with E-state index in [1.165, 1.54) is 6.20 Å². The molecule has 9 heteroatoms. The number of methoxy groups -OCH3 is 1. The van der Waals surface area contributed by atoms with Crippen molar-refractivity contribution in [2.75, 3.05) is 46.5 Å². The Balaban J connectivity index is 1.57. The van der Waals surface area contributed by atoms with Crippen LogP contribution in [0.25, 0.3) is 11.4 Å². The summed E-state index contributed by atoms with van der Waals surface area (Å²) in [5.41, 5.74) is 2.64. The van der Waals surface area contributed by atoms with Crippen molar-refractivity contribution in [2.24, 2.45) is 0 Å². The van der Waals surface area contributed by atoms with Gasteiger partial charge in [-0.05, 0) is 36.8 Å². The first-order valence-electron chi connectivity index (χ1n) is 12.3. The fourth-order valence-corrected chi connectivity index (χ4v) is 4.96. The molecule has 2 aliphatic heterocycles. The van der Waals surface area contributed by atoms with Crippen LogP contribution in [-0.4, -0.2) is 82.9 Å². The molecule has 1 amide bonds. The van der Waals surface area contributed by atoms with Crippen molar-refractivity contribution in [3.8, 4) is 11.4 Å². The Morgan fingerprint density at radius 1 is 1.08 bits per heavy atom. The van der Waals surface area contributed by atoms with Gasteiger partial charge in [-0.3, -0.25) is 14.5 Å². The van der Waals surface area contributed by atoms with Gasteiger partial charge < -0.3 is 19.5 Å². The number of carbonyl (C=O) groups is 2. The number of nitrogens with zero attached hydrogens (tertiary/aromatic N) is 4. The quantitative estimate of drug-likeness (QED) is 0.301. The number of ether oxygens (including phenoxy) is 2. The highest BCUT2D eigenvalue weighted by Crippen LogP contribution is 2.40. The zero-order valence-electron chi connectivity index (χ0n) is 21.0. The summed E-state index contributed by atoms with van der Waals surface area (Å²) in [5, 5.41) is 15.9. The van der Waals surface area contributed by atoms with Crippen molar-refractivity contribution in [3.05, 3.63) is 83.2 Å². The first kappa shape index (κ1) is 24.7. The highest BCUT2D eigenvalue weighted by atomic mass is 16.5. The van der Waals surface area contributed by atoms with Gasteiger partial charge in [0.15, 0.2) is 0 Å². The fourth-order valence-electron chi connectivity index (χ4n) is 4.96. The lowest BCUT2D eigenvalue weighted by molar-refractivity contribution is -0.140. The van der Waals surface area contributed by atoms with Gasteiger partial charge in [0.1, 0.15) is 11.5 Å². The lowest BCUT2D eigenvalue weighted by atomic mass is 9.95. The maximum Gasteiger partial charge on any atom is 0.295 e. The van der Waals surface area contributed by atoms with E-state index in [9.17, 15) is 14.7 Å². The molecule has 0 bridgehead atoms. The van der Waals surface area contributed by atoms with Crippen LogP contribution in [0.2, 0.25) is 0 Å². The number of amides is 1. The van der Waals surface area contributed by atoms with E-state index in [-0.39, 0.29) is 11.3 Å². The van der Waals surface area contributed by atoms with E-state index in [1.807, 2.05) is 49.4 Å². The van der Waals surface area contributed by atoms with E-state index < -0.39 is 17.7 Å². The normalized spacial score (nSPS) is 19.9. The van der Waals surface area contributed by atoms with Crippen LogP contribution in [0.15, 0.2) is 66.4 Å². The van der Waals surface area contributed by atoms with Crippen LogP contribution in [0.4, 0.5) is 0 Å². The zero-order valence-corrected chi connectivity index (χ0v) is 21.0. The average molecular weight is 503 g/mol. The van der Waals surface area contributed by atoms with Gasteiger partial charge in [-0.15, -0.1) is 0 Å². The van der Waals surface area contributed by atoms with Gasteiger partial charge in [0.2, 0.25) is 0 Å². The molecule has 37 heavy (non-hydrogen) atoms. The van der Waals surface area contributed by atoms with Crippen LogP contribution in [0.3, 0.4) is 0 Å². The van der Waals surface area contributed by atoms with Crippen molar-refractivity contribution in [2.45, 2.75) is 13.0 Å². The number of morpholine rings is 1. The molecule has 1 unspecified atom stereocenters. The van der Waals surface area contributed by atoms with E-state index in [4.69, 9.17) is 9.47 Å². The lowest BCUT2D eigenvalue weighted by Gasteiger charge is -2.31. The molecule has 1 N–H and O–H groups in total. The van der Waals surface area contributed by atoms with Crippen LogP contribution >= 0.6 is 0 Å². The van der Waals surface area contributed by atoms with Crippen molar-refractivity contribution < 1.29 is 24.2 Å². The maximum absolute atomic E-state index is 13.4. The first-order chi connectivity index (χ1) is 18.0. The summed E-state index contributed by atoms with van der Waals surface area (Å²) in [5.74, 6) is -0.973. The van der Waals surface area contributed by atoms with Crippen LogP contribution in [0.5, 0.6) is 5.75 Å². The number of hydrogen-bond donors (Lipinski definition) is 1. The largest absolute Gasteiger partial charge is 0.507 e. The Hall–Kier alpha value is -3.95. The van der Waals surface area contributed by atoms with Gasteiger partial charge in [0.05, 0.1) is 55.1 Å². The third kappa shape index (κ3) is 4.75. The summed E-state index contributed by atoms with van der Waals surface area (Å²) in [7, 11) is 1.57. The number of para-hydroxylation sites is 1. The molecular weight excluding hydrogens is 472 g/mol. The van der Waals surface area contributed by atoms with E-state index in [2.05, 4.69) is 10.00 Å². The monoisotopic (exact) mass is 502 g/mol. The van der Waals surface area contributed by atoms with Crippen molar-refractivity contribution in [3.63, 3.8) is 0 Å².